The Morgan fingerprint density at radius 1 is 1.28 bits per heavy atom. The molecule has 0 saturated carbocycles. The summed E-state index contributed by atoms with van der Waals surface area (Å²) in [6, 6.07) is -0.425. The summed E-state index contributed by atoms with van der Waals surface area (Å²) in [6.45, 7) is 7.83. The summed E-state index contributed by atoms with van der Waals surface area (Å²) in [6.07, 6.45) is 0.00378. The van der Waals surface area contributed by atoms with Crippen molar-refractivity contribution in [3.8, 4) is 0 Å². The SMILES string of the molecule is CCN(CC)CCNC(CC(OC)OC)C(N)=O. The second-order valence-corrected chi connectivity index (χ2v) is 4.07. The molecule has 0 aromatic carbocycles. The molecule has 6 heteroatoms. The first-order valence-corrected chi connectivity index (χ1v) is 6.39. The van der Waals surface area contributed by atoms with Crippen molar-refractivity contribution >= 4 is 5.91 Å². The molecule has 0 saturated heterocycles. The fraction of sp³-hybridized carbons (Fsp3) is 0.917. The van der Waals surface area contributed by atoms with Crippen molar-refractivity contribution in [2.75, 3.05) is 40.4 Å². The number of nitrogens with one attached hydrogen (secondary N) is 1. The van der Waals surface area contributed by atoms with E-state index in [9.17, 15) is 4.79 Å². The highest BCUT2D eigenvalue weighted by Crippen LogP contribution is 2.02. The lowest BCUT2D eigenvalue weighted by Gasteiger charge is -2.23. The standard InChI is InChI=1S/C12H27N3O3/c1-5-15(6-2)8-7-14-10(12(13)16)9-11(17-3)18-4/h10-11,14H,5-9H2,1-4H3,(H2,13,16). The second-order valence-electron chi connectivity index (χ2n) is 4.07. The van der Waals surface area contributed by atoms with E-state index in [1.54, 1.807) is 14.2 Å². The number of rotatable bonds is 11. The van der Waals surface area contributed by atoms with Gasteiger partial charge in [0.1, 0.15) is 0 Å². The van der Waals surface area contributed by atoms with Crippen LogP contribution in [0.25, 0.3) is 0 Å². The lowest BCUT2D eigenvalue weighted by Crippen LogP contribution is -2.46. The average Bonchev–Trinajstić information content (AvgIpc) is 2.38. The highest BCUT2D eigenvalue weighted by Gasteiger charge is 2.20. The maximum absolute atomic E-state index is 11.3. The Labute approximate surface area is 110 Å². The molecular formula is C12H27N3O3. The summed E-state index contributed by atoms with van der Waals surface area (Å²) in [5.41, 5.74) is 5.35. The smallest absolute Gasteiger partial charge is 0.234 e. The van der Waals surface area contributed by atoms with Gasteiger partial charge in [-0.15, -0.1) is 0 Å². The van der Waals surface area contributed by atoms with Gasteiger partial charge < -0.3 is 25.4 Å². The number of nitrogens with zero attached hydrogens (tertiary/aromatic N) is 1. The molecule has 0 radical (unpaired) electrons. The van der Waals surface area contributed by atoms with Crippen LogP contribution in [0, 0.1) is 0 Å². The Bertz CT molecular complexity index is 219. The van der Waals surface area contributed by atoms with Gasteiger partial charge in [-0.2, -0.15) is 0 Å². The lowest BCUT2D eigenvalue weighted by molar-refractivity contribution is -0.130. The van der Waals surface area contributed by atoms with Crippen molar-refractivity contribution in [1.29, 1.82) is 0 Å². The Morgan fingerprint density at radius 3 is 2.22 bits per heavy atom. The molecule has 3 N–H and O–H groups in total. The van der Waals surface area contributed by atoms with Crippen LogP contribution in [0.3, 0.4) is 0 Å². The third kappa shape index (κ3) is 6.90. The summed E-state index contributed by atoms with van der Waals surface area (Å²) < 4.78 is 10.1. The van der Waals surface area contributed by atoms with E-state index in [2.05, 4.69) is 24.1 Å². The van der Waals surface area contributed by atoms with Gasteiger partial charge in [0, 0.05) is 33.7 Å². The van der Waals surface area contributed by atoms with Crippen LogP contribution >= 0.6 is 0 Å². The summed E-state index contributed by atoms with van der Waals surface area (Å²) >= 11 is 0. The number of amides is 1. The minimum Gasteiger partial charge on any atom is -0.368 e. The second kappa shape index (κ2) is 10.3. The summed E-state index contributed by atoms with van der Waals surface area (Å²) in [5.74, 6) is -0.381. The van der Waals surface area contributed by atoms with Gasteiger partial charge in [0.15, 0.2) is 6.29 Å². The number of primary amides is 1. The third-order valence-corrected chi connectivity index (χ3v) is 3.01. The molecule has 0 aliphatic heterocycles. The minimum atomic E-state index is -0.425. The Morgan fingerprint density at radius 2 is 1.83 bits per heavy atom. The van der Waals surface area contributed by atoms with E-state index < -0.39 is 12.3 Å². The van der Waals surface area contributed by atoms with Crippen LogP contribution in [0.1, 0.15) is 20.3 Å². The first-order chi connectivity index (χ1) is 8.58. The number of carbonyl (C=O) groups excluding carboxylic acids is 1. The molecule has 1 amide bonds. The van der Waals surface area contributed by atoms with Gasteiger partial charge in [-0.1, -0.05) is 13.8 Å². The molecule has 0 spiro atoms. The zero-order valence-electron chi connectivity index (χ0n) is 11.9. The molecule has 0 aromatic rings. The summed E-state index contributed by atoms with van der Waals surface area (Å²) in [7, 11) is 3.09. The zero-order chi connectivity index (χ0) is 14.0. The van der Waals surface area contributed by atoms with E-state index in [0.29, 0.717) is 6.42 Å². The van der Waals surface area contributed by atoms with Gasteiger partial charge in [-0.3, -0.25) is 4.79 Å². The molecule has 0 aliphatic carbocycles. The largest absolute Gasteiger partial charge is 0.368 e. The van der Waals surface area contributed by atoms with Crippen LogP contribution in [-0.4, -0.2) is 63.5 Å². The van der Waals surface area contributed by atoms with Crippen molar-refractivity contribution in [3.63, 3.8) is 0 Å². The molecule has 1 atom stereocenters. The minimum absolute atomic E-state index is 0.381. The van der Waals surface area contributed by atoms with E-state index in [1.807, 2.05) is 0 Å². The number of likely N-dealkylation sites (N-methyl/N-ethyl adjacent to an activating group) is 1. The van der Waals surface area contributed by atoms with Crippen LogP contribution in [0.15, 0.2) is 0 Å². The predicted molar refractivity (Wildman–Crippen MR) is 71.2 cm³/mol. The van der Waals surface area contributed by atoms with Crippen molar-refractivity contribution in [2.45, 2.75) is 32.6 Å². The monoisotopic (exact) mass is 261 g/mol. The number of ether oxygens (including phenoxy) is 2. The van der Waals surface area contributed by atoms with Crippen molar-refractivity contribution in [1.82, 2.24) is 10.2 Å². The molecule has 0 fully saturated rings. The van der Waals surface area contributed by atoms with Crippen molar-refractivity contribution in [2.24, 2.45) is 5.73 Å². The fourth-order valence-corrected chi connectivity index (χ4v) is 1.72. The van der Waals surface area contributed by atoms with Crippen molar-refractivity contribution in [3.05, 3.63) is 0 Å². The number of nitrogens with two attached hydrogens (primary N) is 1. The fourth-order valence-electron chi connectivity index (χ4n) is 1.72. The molecule has 108 valence electrons. The van der Waals surface area contributed by atoms with Gasteiger partial charge in [-0.05, 0) is 13.1 Å². The number of hydrogen-bond acceptors (Lipinski definition) is 5. The van der Waals surface area contributed by atoms with E-state index in [0.717, 1.165) is 26.2 Å². The Balaban J connectivity index is 4.08. The van der Waals surface area contributed by atoms with Crippen LogP contribution in [-0.2, 0) is 14.3 Å². The van der Waals surface area contributed by atoms with E-state index >= 15 is 0 Å². The Hall–Kier alpha value is -0.690. The molecule has 18 heavy (non-hydrogen) atoms. The van der Waals surface area contributed by atoms with Gasteiger partial charge >= 0.3 is 0 Å². The highest BCUT2D eigenvalue weighted by atomic mass is 16.7. The molecule has 1 unspecified atom stereocenters. The van der Waals surface area contributed by atoms with E-state index in [-0.39, 0.29) is 5.91 Å². The van der Waals surface area contributed by atoms with Gasteiger partial charge in [0.2, 0.25) is 5.91 Å². The number of carbonyl (C=O) groups is 1. The van der Waals surface area contributed by atoms with Gasteiger partial charge in [-0.25, -0.2) is 0 Å². The molecule has 6 nitrogen and oxygen atoms in total. The predicted octanol–water partition coefficient (Wildman–Crippen LogP) is -0.219. The van der Waals surface area contributed by atoms with Crippen LogP contribution in [0.5, 0.6) is 0 Å². The number of methoxy groups -OCH3 is 2. The van der Waals surface area contributed by atoms with Crippen LogP contribution in [0.4, 0.5) is 0 Å². The summed E-state index contributed by atoms with van der Waals surface area (Å²) in [5, 5.41) is 3.14. The third-order valence-electron chi connectivity index (χ3n) is 3.01. The average molecular weight is 261 g/mol. The maximum atomic E-state index is 11.3. The van der Waals surface area contributed by atoms with Crippen LogP contribution in [0.2, 0.25) is 0 Å². The van der Waals surface area contributed by atoms with Gasteiger partial charge in [0.25, 0.3) is 0 Å². The molecule has 0 aliphatic rings. The normalized spacial score (nSPS) is 13.2. The van der Waals surface area contributed by atoms with Crippen molar-refractivity contribution < 1.29 is 14.3 Å². The topological polar surface area (TPSA) is 76.8 Å². The maximum Gasteiger partial charge on any atom is 0.234 e. The number of hydrogen-bond donors (Lipinski definition) is 2. The highest BCUT2D eigenvalue weighted by molar-refractivity contribution is 5.79. The molecule has 0 heterocycles. The molecule has 0 aromatic heterocycles. The van der Waals surface area contributed by atoms with Gasteiger partial charge in [0.05, 0.1) is 6.04 Å². The quantitative estimate of drug-likeness (QED) is 0.503. The van der Waals surface area contributed by atoms with E-state index in [4.69, 9.17) is 15.2 Å². The molecular weight excluding hydrogens is 234 g/mol. The summed E-state index contributed by atoms with van der Waals surface area (Å²) in [4.78, 5) is 13.6. The van der Waals surface area contributed by atoms with E-state index in [1.165, 1.54) is 0 Å². The lowest BCUT2D eigenvalue weighted by atomic mass is 10.2. The molecule has 0 rings (SSSR count). The van der Waals surface area contributed by atoms with Crippen LogP contribution < -0.4 is 11.1 Å². The first-order valence-electron chi connectivity index (χ1n) is 6.39. The zero-order valence-corrected chi connectivity index (χ0v) is 11.9. The Kier molecular flexibility index (Phi) is 9.86. The first kappa shape index (κ1) is 17.3. The molecule has 0 bridgehead atoms.